The molecule has 0 heterocycles. The molecule has 2 unspecified atom stereocenters. The smallest absolute Gasteiger partial charge is 0.228 e. The number of carboxylic acid groups (broad SMARTS) is 1. The minimum absolute atomic E-state index is 0.0765. The zero-order valence-corrected chi connectivity index (χ0v) is 14.6. The monoisotopic (exact) mass is 330 g/mol. The van der Waals surface area contributed by atoms with Crippen molar-refractivity contribution in [1.82, 2.24) is 0 Å². The molecule has 1 aliphatic carbocycles. The molecule has 0 saturated heterocycles. The Balaban J connectivity index is 2.27. The Hall–Kier alpha value is -2.30. The zero-order chi connectivity index (χ0) is 17.9. The van der Waals surface area contributed by atoms with E-state index in [1.807, 2.05) is 24.3 Å². The van der Waals surface area contributed by atoms with E-state index in [2.05, 4.69) is 26.1 Å². The van der Waals surface area contributed by atoms with Gasteiger partial charge in [0.05, 0.1) is 18.7 Å². The lowest BCUT2D eigenvalue weighted by Gasteiger charge is -2.28. The van der Waals surface area contributed by atoms with E-state index in [0.717, 1.165) is 5.56 Å². The van der Waals surface area contributed by atoms with Gasteiger partial charge in [-0.25, -0.2) is 0 Å². The van der Waals surface area contributed by atoms with Gasteiger partial charge < -0.3 is 20.0 Å². The summed E-state index contributed by atoms with van der Waals surface area (Å²) in [7, 11) is 1.54. The molecule has 5 nitrogen and oxygen atoms in total. The molecule has 0 bridgehead atoms. The first-order valence-corrected chi connectivity index (χ1v) is 8.09. The largest absolute Gasteiger partial charge is 0.550 e. The lowest BCUT2D eigenvalue weighted by atomic mass is 9.82. The molecule has 0 saturated carbocycles. The maximum atomic E-state index is 12.6. The summed E-state index contributed by atoms with van der Waals surface area (Å²) >= 11 is 0. The summed E-state index contributed by atoms with van der Waals surface area (Å²) in [4.78, 5) is 23.9. The third kappa shape index (κ3) is 3.96. The van der Waals surface area contributed by atoms with Gasteiger partial charge in [-0.2, -0.15) is 0 Å². The molecular weight excluding hydrogens is 306 g/mol. The van der Waals surface area contributed by atoms with Gasteiger partial charge in [0, 0.05) is 11.9 Å². The maximum Gasteiger partial charge on any atom is 0.228 e. The van der Waals surface area contributed by atoms with Gasteiger partial charge in [-0.15, -0.1) is 0 Å². The molecule has 0 fully saturated rings. The fourth-order valence-corrected chi connectivity index (χ4v) is 2.86. The minimum atomic E-state index is -1.19. The van der Waals surface area contributed by atoms with E-state index in [9.17, 15) is 14.7 Å². The van der Waals surface area contributed by atoms with Crippen LogP contribution >= 0.6 is 0 Å². The Morgan fingerprint density at radius 3 is 2.33 bits per heavy atom. The topological polar surface area (TPSA) is 78.5 Å². The highest BCUT2D eigenvalue weighted by molar-refractivity contribution is 5.96. The lowest BCUT2D eigenvalue weighted by molar-refractivity contribution is -0.313. The van der Waals surface area contributed by atoms with Crippen LogP contribution in [0.2, 0.25) is 0 Å². The Bertz CT molecular complexity index is 658. The summed E-state index contributed by atoms with van der Waals surface area (Å²) < 4.78 is 5.32. The van der Waals surface area contributed by atoms with E-state index in [0.29, 0.717) is 24.3 Å². The fourth-order valence-electron chi connectivity index (χ4n) is 2.86. The summed E-state index contributed by atoms with van der Waals surface area (Å²) in [6, 6.07) is 5.65. The van der Waals surface area contributed by atoms with Crippen molar-refractivity contribution >= 4 is 17.6 Å². The number of carboxylic acids is 1. The van der Waals surface area contributed by atoms with E-state index in [-0.39, 0.29) is 11.3 Å². The molecule has 0 aliphatic heterocycles. The number of carbonyl (C=O) groups excluding carboxylic acids is 2. The number of carbonyl (C=O) groups is 2. The molecule has 1 aromatic carbocycles. The molecule has 130 valence electrons. The molecule has 0 radical (unpaired) electrons. The fraction of sp³-hybridized carbons (Fsp3) is 0.474. The van der Waals surface area contributed by atoms with Crippen LogP contribution in [0.3, 0.4) is 0 Å². The van der Waals surface area contributed by atoms with Crippen LogP contribution in [0.25, 0.3) is 0 Å². The minimum Gasteiger partial charge on any atom is -0.550 e. The summed E-state index contributed by atoms with van der Waals surface area (Å²) in [5.74, 6) is -2.39. The van der Waals surface area contributed by atoms with Crippen molar-refractivity contribution in [3.05, 3.63) is 35.9 Å². The predicted molar refractivity (Wildman–Crippen MR) is 90.7 cm³/mol. The van der Waals surface area contributed by atoms with Crippen molar-refractivity contribution < 1.29 is 19.4 Å². The zero-order valence-electron chi connectivity index (χ0n) is 14.6. The van der Waals surface area contributed by atoms with Gasteiger partial charge in [0.1, 0.15) is 5.75 Å². The highest BCUT2D eigenvalue weighted by atomic mass is 16.5. The van der Waals surface area contributed by atoms with Crippen molar-refractivity contribution in [2.45, 2.75) is 39.0 Å². The summed E-state index contributed by atoms with van der Waals surface area (Å²) in [5.41, 5.74) is 1.53. The second-order valence-corrected chi connectivity index (χ2v) is 7.13. The number of benzene rings is 1. The average molecular weight is 330 g/mol. The molecule has 0 aromatic heterocycles. The van der Waals surface area contributed by atoms with Crippen LogP contribution < -0.4 is 15.2 Å². The van der Waals surface area contributed by atoms with Crippen LogP contribution in [0.1, 0.15) is 39.2 Å². The van der Waals surface area contributed by atoms with Gasteiger partial charge in [0.25, 0.3) is 0 Å². The molecule has 2 rings (SSSR count). The number of anilines is 1. The molecular formula is C19H24NO4-. The number of nitrogens with one attached hydrogen (secondary N) is 1. The molecule has 1 amide bonds. The van der Waals surface area contributed by atoms with Crippen LogP contribution in [-0.4, -0.2) is 19.0 Å². The Kier molecular flexibility index (Phi) is 5.32. The van der Waals surface area contributed by atoms with E-state index in [1.54, 1.807) is 6.08 Å². The lowest BCUT2D eigenvalue weighted by Crippen LogP contribution is -2.41. The molecule has 2 atom stereocenters. The first-order valence-electron chi connectivity index (χ1n) is 8.09. The van der Waals surface area contributed by atoms with Crippen LogP contribution in [0.4, 0.5) is 5.69 Å². The third-order valence-electron chi connectivity index (χ3n) is 4.40. The van der Waals surface area contributed by atoms with Crippen molar-refractivity contribution in [3.8, 4) is 5.75 Å². The number of allylic oxidation sites excluding steroid dienone is 2. The first kappa shape index (κ1) is 18.0. The summed E-state index contributed by atoms with van der Waals surface area (Å²) in [5, 5.41) is 14.1. The molecule has 5 heteroatoms. The van der Waals surface area contributed by atoms with Gasteiger partial charge in [0.2, 0.25) is 5.91 Å². The number of hydrogen-bond donors (Lipinski definition) is 1. The Morgan fingerprint density at radius 2 is 1.79 bits per heavy atom. The third-order valence-corrected chi connectivity index (χ3v) is 4.40. The quantitative estimate of drug-likeness (QED) is 0.859. The molecule has 1 aliphatic rings. The number of aliphatic carboxylic acids is 1. The van der Waals surface area contributed by atoms with E-state index in [4.69, 9.17) is 4.74 Å². The molecule has 0 spiro atoms. The van der Waals surface area contributed by atoms with Gasteiger partial charge in [-0.05, 0) is 36.0 Å². The van der Waals surface area contributed by atoms with E-state index >= 15 is 0 Å². The van der Waals surface area contributed by atoms with E-state index in [1.165, 1.54) is 7.11 Å². The highest BCUT2D eigenvalue weighted by Gasteiger charge is 2.30. The second-order valence-electron chi connectivity index (χ2n) is 7.13. The number of ether oxygens (including phenoxy) is 1. The van der Waals surface area contributed by atoms with Crippen LogP contribution in [0.15, 0.2) is 30.4 Å². The van der Waals surface area contributed by atoms with Crippen molar-refractivity contribution in [2.75, 3.05) is 12.4 Å². The number of amides is 1. The standard InChI is InChI=1S/C19H25NO4/c1-19(2,3)12-9-10-16(24-4)15(11-12)20-17(21)13-7-5-6-8-14(13)18(22)23/h5-6,9-11,13-14H,7-8H2,1-4H3,(H,20,21)(H,22,23)/p-1. The van der Waals surface area contributed by atoms with Crippen LogP contribution in [0, 0.1) is 11.8 Å². The first-order chi connectivity index (χ1) is 11.2. The van der Waals surface area contributed by atoms with Crippen molar-refractivity contribution in [1.29, 1.82) is 0 Å². The Morgan fingerprint density at radius 1 is 1.17 bits per heavy atom. The summed E-state index contributed by atoms with van der Waals surface area (Å²) in [6.07, 6.45) is 4.34. The van der Waals surface area contributed by atoms with Gasteiger partial charge in [-0.1, -0.05) is 39.0 Å². The highest BCUT2D eigenvalue weighted by Crippen LogP contribution is 2.33. The summed E-state index contributed by atoms with van der Waals surface area (Å²) in [6.45, 7) is 6.25. The van der Waals surface area contributed by atoms with Gasteiger partial charge in [-0.3, -0.25) is 4.79 Å². The van der Waals surface area contributed by atoms with Crippen LogP contribution in [-0.2, 0) is 15.0 Å². The maximum absolute atomic E-state index is 12.6. The van der Waals surface area contributed by atoms with E-state index < -0.39 is 17.8 Å². The van der Waals surface area contributed by atoms with Crippen molar-refractivity contribution in [3.63, 3.8) is 0 Å². The van der Waals surface area contributed by atoms with Gasteiger partial charge >= 0.3 is 0 Å². The SMILES string of the molecule is COc1ccc(C(C)(C)C)cc1NC(=O)C1CC=CCC1C(=O)[O-]. The number of methoxy groups -OCH3 is 1. The predicted octanol–water partition coefficient (Wildman–Crippen LogP) is 2.26. The molecule has 1 aromatic rings. The van der Waals surface area contributed by atoms with Gasteiger partial charge in [0.15, 0.2) is 0 Å². The average Bonchev–Trinajstić information content (AvgIpc) is 2.53. The number of rotatable bonds is 4. The number of hydrogen-bond acceptors (Lipinski definition) is 4. The Labute approximate surface area is 142 Å². The molecule has 1 N–H and O–H groups in total. The second kappa shape index (κ2) is 7.07. The van der Waals surface area contributed by atoms with Crippen molar-refractivity contribution in [2.24, 2.45) is 11.8 Å². The molecule has 24 heavy (non-hydrogen) atoms. The van der Waals surface area contributed by atoms with Crippen LogP contribution in [0.5, 0.6) is 5.75 Å². The normalized spacial score (nSPS) is 20.5.